The molecule has 0 bridgehead atoms. The summed E-state index contributed by atoms with van der Waals surface area (Å²) in [5.74, 6) is -0.447. The number of nitrogens with zero attached hydrogens (tertiary/aromatic N) is 4. The normalized spacial score (nSPS) is 23.8. The van der Waals surface area contributed by atoms with E-state index in [9.17, 15) is 26.4 Å². The van der Waals surface area contributed by atoms with Crippen LogP contribution in [0.5, 0.6) is 0 Å². The first-order chi connectivity index (χ1) is 12.3. The number of hydrogen-bond donors (Lipinski definition) is 0. The van der Waals surface area contributed by atoms with E-state index in [2.05, 4.69) is 0 Å². The van der Waals surface area contributed by atoms with Crippen molar-refractivity contribution < 1.29 is 26.4 Å². The summed E-state index contributed by atoms with van der Waals surface area (Å²) in [6, 6.07) is -0.160. The van der Waals surface area contributed by atoms with Crippen molar-refractivity contribution in [3.63, 3.8) is 0 Å². The molecule has 0 aliphatic carbocycles. The van der Waals surface area contributed by atoms with Crippen molar-refractivity contribution in [3.05, 3.63) is 0 Å². The van der Waals surface area contributed by atoms with Crippen LogP contribution in [-0.4, -0.2) is 112 Å². The Hall–Kier alpha value is -1.24. The fourth-order valence-corrected chi connectivity index (χ4v) is 4.19. The van der Waals surface area contributed by atoms with Gasteiger partial charge in [-0.25, -0.2) is 16.8 Å². The standard InChI is InChI=1S/C15H28N4O6S2/c1-16(26(3,22)23)10-14(20)18-8-12-6-5-7-19(13(12)9-18)15(21)11-17(2)27(4,24)25/h12-13H,5-11H2,1-4H3/t12-,13+/m0/s1. The molecular weight excluding hydrogens is 396 g/mol. The van der Waals surface area contributed by atoms with Gasteiger partial charge in [0, 0.05) is 33.7 Å². The number of amides is 2. The molecule has 27 heavy (non-hydrogen) atoms. The van der Waals surface area contributed by atoms with Gasteiger partial charge in [-0.3, -0.25) is 9.59 Å². The van der Waals surface area contributed by atoms with Crippen LogP contribution in [0.1, 0.15) is 12.8 Å². The lowest BCUT2D eigenvalue weighted by Gasteiger charge is -2.37. The lowest BCUT2D eigenvalue weighted by atomic mass is 9.92. The molecule has 2 aliphatic heterocycles. The highest BCUT2D eigenvalue weighted by molar-refractivity contribution is 7.88. The molecule has 12 heteroatoms. The highest BCUT2D eigenvalue weighted by atomic mass is 32.2. The maximum absolute atomic E-state index is 12.6. The Labute approximate surface area is 161 Å². The van der Waals surface area contributed by atoms with Crippen LogP contribution in [0.4, 0.5) is 0 Å². The van der Waals surface area contributed by atoms with Crippen LogP contribution in [0, 0.1) is 5.92 Å². The first-order valence-corrected chi connectivity index (χ1v) is 12.4. The molecule has 2 rings (SSSR count). The van der Waals surface area contributed by atoms with Gasteiger partial charge in [0.25, 0.3) is 0 Å². The van der Waals surface area contributed by atoms with Gasteiger partial charge in [-0.15, -0.1) is 0 Å². The largest absolute Gasteiger partial charge is 0.339 e. The zero-order chi connectivity index (χ0) is 20.6. The highest BCUT2D eigenvalue weighted by Gasteiger charge is 2.42. The Morgan fingerprint density at radius 2 is 1.44 bits per heavy atom. The topological polar surface area (TPSA) is 115 Å². The molecule has 0 aromatic rings. The average molecular weight is 425 g/mol. The Balaban J connectivity index is 2.04. The van der Waals surface area contributed by atoms with E-state index in [0.29, 0.717) is 19.6 Å². The van der Waals surface area contributed by atoms with Crippen LogP contribution in [-0.2, 0) is 29.6 Å². The average Bonchev–Trinajstić information content (AvgIpc) is 2.96. The lowest BCUT2D eigenvalue weighted by molar-refractivity contribution is -0.136. The van der Waals surface area contributed by atoms with Crippen molar-refractivity contribution in [2.24, 2.45) is 5.92 Å². The van der Waals surface area contributed by atoms with Gasteiger partial charge in [0.15, 0.2) is 0 Å². The Morgan fingerprint density at radius 3 is 1.96 bits per heavy atom. The van der Waals surface area contributed by atoms with E-state index in [1.165, 1.54) is 14.1 Å². The number of carbonyl (C=O) groups excluding carboxylic acids is 2. The summed E-state index contributed by atoms with van der Waals surface area (Å²) in [7, 11) is -4.18. The van der Waals surface area contributed by atoms with Gasteiger partial charge < -0.3 is 9.80 Å². The van der Waals surface area contributed by atoms with E-state index in [4.69, 9.17) is 0 Å². The highest BCUT2D eigenvalue weighted by Crippen LogP contribution is 2.31. The molecule has 0 aromatic carbocycles. The van der Waals surface area contributed by atoms with Crippen molar-refractivity contribution in [1.29, 1.82) is 0 Å². The van der Waals surface area contributed by atoms with E-state index in [-0.39, 0.29) is 36.9 Å². The Kier molecular flexibility index (Phi) is 6.55. The van der Waals surface area contributed by atoms with Crippen LogP contribution in [0.15, 0.2) is 0 Å². The maximum Gasteiger partial charge on any atom is 0.238 e. The minimum atomic E-state index is -3.45. The second kappa shape index (κ2) is 8.02. The van der Waals surface area contributed by atoms with Crippen molar-refractivity contribution in [2.45, 2.75) is 18.9 Å². The summed E-state index contributed by atoms with van der Waals surface area (Å²) >= 11 is 0. The molecule has 2 fully saturated rings. The first kappa shape index (κ1) is 22.1. The number of carbonyl (C=O) groups is 2. The second-order valence-electron chi connectivity index (χ2n) is 7.39. The van der Waals surface area contributed by atoms with E-state index in [1.54, 1.807) is 9.80 Å². The van der Waals surface area contributed by atoms with Crippen molar-refractivity contribution in [3.8, 4) is 0 Å². The summed E-state index contributed by atoms with van der Waals surface area (Å²) in [5, 5.41) is 0. The zero-order valence-electron chi connectivity index (χ0n) is 16.2. The van der Waals surface area contributed by atoms with Gasteiger partial charge in [0.05, 0.1) is 31.6 Å². The number of likely N-dealkylation sites (tertiary alicyclic amines) is 2. The fourth-order valence-electron chi connectivity index (χ4n) is 3.50. The Bertz CT molecular complexity index is 797. The molecule has 10 nitrogen and oxygen atoms in total. The summed E-state index contributed by atoms with van der Waals surface area (Å²) in [6.07, 6.45) is 3.76. The number of fused-ring (bicyclic) bond motifs is 1. The number of rotatable bonds is 6. The minimum Gasteiger partial charge on any atom is -0.339 e. The second-order valence-corrected chi connectivity index (χ2v) is 11.6. The van der Waals surface area contributed by atoms with Gasteiger partial charge in [-0.2, -0.15) is 8.61 Å². The minimum absolute atomic E-state index is 0.124. The van der Waals surface area contributed by atoms with Crippen molar-refractivity contribution >= 4 is 31.9 Å². The molecule has 156 valence electrons. The van der Waals surface area contributed by atoms with Crippen LogP contribution < -0.4 is 0 Å². The number of likely N-dealkylation sites (N-methyl/N-ethyl adjacent to an activating group) is 2. The summed E-state index contributed by atoms with van der Waals surface area (Å²) in [5.41, 5.74) is 0. The molecule has 2 heterocycles. The summed E-state index contributed by atoms with van der Waals surface area (Å²) in [4.78, 5) is 28.3. The molecule has 2 aliphatic rings. The molecular formula is C15H28N4O6S2. The maximum atomic E-state index is 12.6. The predicted octanol–water partition coefficient (Wildman–Crippen LogP) is -1.78. The van der Waals surface area contributed by atoms with Crippen molar-refractivity contribution in [1.82, 2.24) is 18.4 Å². The molecule has 2 atom stereocenters. The molecule has 2 saturated heterocycles. The zero-order valence-corrected chi connectivity index (χ0v) is 17.8. The number of sulfonamides is 2. The van der Waals surface area contributed by atoms with Crippen LogP contribution in [0.3, 0.4) is 0 Å². The predicted molar refractivity (Wildman–Crippen MR) is 99.8 cm³/mol. The SMILES string of the molecule is CN(CC(=O)N1C[C@@H]2CCCN(C(=O)CN(C)S(C)(=O)=O)[C@@H]2C1)S(C)(=O)=O. The van der Waals surface area contributed by atoms with Gasteiger partial charge in [-0.1, -0.05) is 0 Å². The van der Waals surface area contributed by atoms with E-state index < -0.39 is 20.0 Å². The summed E-state index contributed by atoms with van der Waals surface area (Å²) in [6.45, 7) is 0.890. The van der Waals surface area contributed by atoms with Gasteiger partial charge in [-0.05, 0) is 18.8 Å². The lowest BCUT2D eigenvalue weighted by Crippen LogP contribution is -2.51. The Morgan fingerprint density at radius 1 is 0.926 bits per heavy atom. The first-order valence-electron chi connectivity index (χ1n) is 8.70. The van der Waals surface area contributed by atoms with E-state index in [1.807, 2.05) is 0 Å². The molecule has 2 amide bonds. The smallest absolute Gasteiger partial charge is 0.238 e. The van der Waals surface area contributed by atoms with Gasteiger partial charge in [0.1, 0.15) is 0 Å². The summed E-state index contributed by atoms with van der Waals surface area (Å²) < 4.78 is 48.1. The van der Waals surface area contributed by atoms with Crippen LogP contribution in [0.2, 0.25) is 0 Å². The van der Waals surface area contributed by atoms with Gasteiger partial charge >= 0.3 is 0 Å². The third-order valence-corrected chi connectivity index (χ3v) is 7.82. The third-order valence-electron chi connectivity index (χ3n) is 5.30. The molecule has 0 spiro atoms. The molecule has 0 saturated carbocycles. The monoisotopic (exact) mass is 424 g/mol. The van der Waals surface area contributed by atoms with Crippen molar-refractivity contribution in [2.75, 3.05) is 59.3 Å². The molecule has 0 aromatic heterocycles. The van der Waals surface area contributed by atoms with Gasteiger partial charge in [0.2, 0.25) is 31.9 Å². The van der Waals surface area contributed by atoms with E-state index >= 15 is 0 Å². The number of hydrogen-bond acceptors (Lipinski definition) is 6. The number of piperidine rings is 1. The molecule has 0 unspecified atom stereocenters. The quantitative estimate of drug-likeness (QED) is 0.498. The van der Waals surface area contributed by atoms with Crippen LogP contribution in [0.25, 0.3) is 0 Å². The fraction of sp³-hybridized carbons (Fsp3) is 0.867. The molecule has 0 radical (unpaired) electrons. The van der Waals surface area contributed by atoms with E-state index in [0.717, 1.165) is 34.0 Å². The third kappa shape index (κ3) is 5.39. The van der Waals surface area contributed by atoms with Crippen LogP contribution >= 0.6 is 0 Å². The molecule has 0 N–H and O–H groups in total.